The summed E-state index contributed by atoms with van der Waals surface area (Å²) in [5.74, 6) is -2.81. The van der Waals surface area contributed by atoms with E-state index in [1.165, 1.54) is 0 Å². The first kappa shape index (κ1) is 30.0. The quantitative estimate of drug-likeness (QED) is 0.0921. The normalized spacial score (nSPS) is 11.9. The minimum atomic E-state index is -1.21. The highest BCUT2D eigenvalue weighted by atomic mass is 35.5. The van der Waals surface area contributed by atoms with Gasteiger partial charge in [0.05, 0.1) is 24.6 Å². The number of aliphatic imine (C=N–C) groups is 1. The fourth-order valence-electron chi connectivity index (χ4n) is 2.46. The van der Waals surface area contributed by atoms with Gasteiger partial charge in [0.1, 0.15) is 6.04 Å². The Kier molecular flexibility index (Phi) is 14.4. The first-order valence-corrected chi connectivity index (χ1v) is 10.8. The van der Waals surface area contributed by atoms with E-state index in [2.05, 4.69) is 25.9 Å². The molecule has 0 saturated heterocycles. The van der Waals surface area contributed by atoms with Crippen molar-refractivity contribution in [3.63, 3.8) is 0 Å². The molecule has 0 saturated carbocycles. The van der Waals surface area contributed by atoms with Crippen LogP contribution < -0.4 is 33.2 Å². The van der Waals surface area contributed by atoms with Gasteiger partial charge in [-0.15, -0.1) is 23.7 Å². The average Bonchev–Trinajstić information content (AvgIpc) is 3.14. The monoisotopic (exact) mass is 506 g/mol. The van der Waals surface area contributed by atoms with E-state index >= 15 is 0 Å². The Hall–Kier alpha value is -2.97. The Bertz CT molecular complexity index is 831. The second-order valence-electron chi connectivity index (χ2n) is 6.87. The molecule has 1 aromatic rings. The van der Waals surface area contributed by atoms with Gasteiger partial charge in [-0.25, -0.2) is 4.98 Å². The molecular formula is C18H31ClN8O5S. The predicted octanol–water partition coefficient (Wildman–Crippen LogP) is -1.09. The van der Waals surface area contributed by atoms with Crippen molar-refractivity contribution in [2.45, 2.75) is 51.1 Å². The molecule has 0 aromatic carbocycles. The van der Waals surface area contributed by atoms with Crippen LogP contribution in [0.2, 0.25) is 0 Å². The highest BCUT2D eigenvalue weighted by molar-refractivity contribution is 7.13. The number of amides is 3. The highest BCUT2D eigenvalue weighted by Crippen LogP contribution is 2.16. The second kappa shape index (κ2) is 15.8. The number of carbonyl (C=O) groups is 4. The third-order valence-electron chi connectivity index (χ3n) is 4.01. The zero-order valence-corrected chi connectivity index (χ0v) is 19.8. The average molecular weight is 507 g/mol. The van der Waals surface area contributed by atoms with E-state index in [9.17, 15) is 19.2 Å². The smallest absolute Gasteiger partial charge is 0.305 e. The molecule has 0 radical (unpaired) electrons. The molecule has 0 aliphatic carbocycles. The van der Waals surface area contributed by atoms with E-state index in [-0.39, 0.29) is 29.9 Å². The van der Waals surface area contributed by atoms with Gasteiger partial charge in [0.2, 0.25) is 17.7 Å². The van der Waals surface area contributed by atoms with Gasteiger partial charge in [-0.05, 0) is 19.3 Å². The Morgan fingerprint density at radius 3 is 2.55 bits per heavy atom. The van der Waals surface area contributed by atoms with Crippen LogP contribution >= 0.6 is 23.7 Å². The number of hydrogen-bond acceptors (Lipinski definition) is 8. The molecule has 13 nitrogen and oxygen atoms in total. The van der Waals surface area contributed by atoms with Gasteiger partial charge < -0.3 is 38.3 Å². The lowest BCUT2D eigenvalue weighted by Crippen LogP contribution is -2.48. The van der Waals surface area contributed by atoms with Crippen molar-refractivity contribution in [1.82, 2.24) is 15.6 Å². The topological polar surface area (TPSA) is 228 Å². The summed E-state index contributed by atoms with van der Waals surface area (Å²) in [5, 5.41) is 18.4. The third-order valence-corrected chi connectivity index (χ3v) is 4.81. The van der Waals surface area contributed by atoms with Crippen LogP contribution in [0.3, 0.4) is 0 Å². The predicted molar refractivity (Wildman–Crippen MR) is 127 cm³/mol. The van der Waals surface area contributed by atoms with Crippen LogP contribution in [0.1, 0.15) is 38.3 Å². The lowest BCUT2D eigenvalue weighted by atomic mass is 10.1. The zero-order valence-electron chi connectivity index (χ0n) is 18.2. The summed E-state index contributed by atoms with van der Waals surface area (Å²) >= 11 is 1.11. The summed E-state index contributed by atoms with van der Waals surface area (Å²) in [6.45, 7) is 2.58. The maximum absolute atomic E-state index is 12.3. The number of nitrogens with two attached hydrogens (primary N) is 3. The van der Waals surface area contributed by atoms with Crippen LogP contribution in [0, 0.1) is 0 Å². The molecule has 0 unspecified atom stereocenters. The van der Waals surface area contributed by atoms with Crippen molar-refractivity contribution >= 4 is 58.5 Å². The fraction of sp³-hybridized carbons (Fsp3) is 0.556. The SMILES string of the molecule is CCCNC(=O)[C@H](CC(=O)O)NC(=O)Cc1csc(NC(=O)[C@@H](N)CCCN=C(N)N)n1.Cl. The molecule has 1 rings (SSSR count). The molecular weight excluding hydrogens is 476 g/mol. The number of aliphatic carboxylic acids is 1. The number of anilines is 1. The number of rotatable bonds is 14. The summed E-state index contributed by atoms with van der Waals surface area (Å²) in [7, 11) is 0. The second-order valence-corrected chi connectivity index (χ2v) is 7.73. The van der Waals surface area contributed by atoms with Gasteiger partial charge in [0.15, 0.2) is 11.1 Å². The first-order valence-electron chi connectivity index (χ1n) is 9.97. The summed E-state index contributed by atoms with van der Waals surface area (Å²) in [6.07, 6.45) is 0.842. The Balaban J connectivity index is 0.0000102. The first-order chi connectivity index (χ1) is 15.1. The molecule has 10 N–H and O–H groups in total. The number of carbonyl (C=O) groups excluding carboxylic acids is 3. The number of thiazole rings is 1. The molecule has 33 heavy (non-hydrogen) atoms. The van der Waals surface area contributed by atoms with Crippen LogP contribution in [-0.2, 0) is 25.6 Å². The van der Waals surface area contributed by atoms with Crippen LogP contribution in [0.4, 0.5) is 5.13 Å². The Labute approximate surface area is 201 Å². The van der Waals surface area contributed by atoms with Crippen LogP contribution in [-0.4, -0.2) is 64.9 Å². The number of guanidine groups is 1. The van der Waals surface area contributed by atoms with Crippen LogP contribution in [0.5, 0.6) is 0 Å². The number of carboxylic acids is 1. The number of aromatic nitrogens is 1. The number of halogens is 1. The van der Waals surface area contributed by atoms with Gasteiger partial charge in [0, 0.05) is 18.5 Å². The van der Waals surface area contributed by atoms with E-state index in [0.717, 1.165) is 11.3 Å². The van der Waals surface area contributed by atoms with E-state index < -0.39 is 42.2 Å². The Morgan fingerprint density at radius 2 is 1.94 bits per heavy atom. The van der Waals surface area contributed by atoms with Gasteiger partial charge in [0.25, 0.3) is 0 Å². The lowest BCUT2D eigenvalue weighted by Gasteiger charge is -2.16. The molecule has 0 bridgehead atoms. The molecule has 1 heterocycles. The van der Waals surface area contributed by atoms with Crippen LogP contribution in [0.25, 0.3) is 0 Å². The summed E-state index contributed by atoms with van der Waals surface area (Å²) in [5.41, 5.74) is 16.6. The van der Waals surface area contributed by atoms with Crippen molar-refractivity contribution in [3.8, 4) is 0 Å². The largest absolute Gasteiger partial charge is 0.481 e. The molecule has 15 heteroatoms. The van der Waals surface area contributed by atoms with Crippen molar-refractivity contribution in [3.05, 3.63) is 11.1 Å². The van der Waals surface area contributed by atoms with Gasteiger partial charge in [-0.1, -0.05) is 6.92 Å². The fourth-order valence-corrected chi connectivity index (χ4v) is 3.17. The minimum Gasteiger partial charge on any atom is -0.481 e. The molecule has 2 atom stereocenters. The van der Waals surface area contributed by atoms with Crippen molar-refractivity contribution in [2.75, 3.05) is 18.4 Å². The molecule has 0 aliphatic rings. The van der Waals surface area contributed by atoms with E-state index in [1.54, 1.807) is 5.38 Å². The van der Waals surface area contributed by atoms with Gasteiger partial charge in [-0.2, -0.15) is 0 Å². The van der Waals surface area contributed by atoms with E-state index in [1.807, 2.05) is 6.92 Å². The van der Waals surface area contributed by atoms with Gasteiger partial charge >= 0.3 is 5.97 Å². The zero-order chi connectivity index (χ0) is 24.1. The number of carboxylic acid groups (broad SMARTS) is 1. The molecule has 0 aliphatic heterocycles. The molecule has 186 valence electrons. The summed E-state index contributed by atoms with van der Waals surface area (Å²) < 4.78 is 0. The molecule has 0 fully saturated rings. The standard InChI is InChI=1S/C18H30N8O5S.ClH/c1-2-5-22-16(31)12(8-14(28)29)25-13(27)7-10-9-32-18(24-10)26-15(30)11(19)4-3-6-23-17(20)21;/h9,11-12H,2-8,19H2,1H3,(H,22,31)(H,25,27)(H,28,29)(H4,20,21,23)(H,24,26,30);1H/t11-,12-;/m0./s1. The number of nitrogens with one attached hydrogen (secondary N) is 3. The maximum atomic E-state index is 12.3. The maximum Gasteiger partial charge on any atom is 0.305 e. The molecule has 3 amide bonds. The molecule has 0 spiro atoms. The van der Waals surface area contributed by atoms with Crippen molar-refractivity contribution < 1.29 is 24.3 Å². The number of hydrogen-bond donors (Lipinski definition) is 7. The lowest BCUT2D eigenvalue weighted by molar-refractivity contribution is -0.140. The summed E-state index contributed by atoms with van der Waals surface area (Å²) in [6, 6.07) is -1.97. The van der Waals surface area contributed by atoms with Gasteiger partial charge in [-0.3, -0.25) is 24.2 Å². The number of nitrogens with zero attached hydrogens (tertiary/aromatic N) is 2. The minimum absolute atomic E-state index is 0. The van der Waals surface area contributed by atoms with Crippen LogP contribution in [0.15, 0.2) is 10.4 Å². The van der Waals surface area contributed by atoms with E-state index in [4.69, 9.17) is 22.3 Å². The molecule has 1 aromatic heterocycles. The van der Waals surface area contributed by atoms with E-state index in [0.29, 0.717) is 38.0 Å². The Morgan fingerprint density at radius 1 is 1.24 bits per heavy atom. The third kappa shape index (κ3) is 12.6. The van der Waals surface area contributed by atoms with Crippen molar-refractivity contribution in [2.24, 2.45) is 22.2 Å². The highest BCUT2D eigenvalue weighted by Gasteiger charge is 2.24. The summed E-state index contributed by atoms with van der Waals surface area (Å²) in [4.78, 5) is 55.4. The van der Waals surface area contributed by atoms with Crippen molar-refractivity contribution in [1.29, 1.82) is 0 Å².